The van der Waals surface area contributed by atoms with Crippen LogP contribution in [0.25, 0.3) is 0 Å². The van der Waals surface area contributed by atoms with E-state index in [9.17, 15) is 0 Å². The molecule has 3 atom stereocenters. The van der Waals surface area contributed by atoms with Crippen LogP contribution in [0.2, 0.25) is 0 Å². The van der Waals surface area contributed by atoms with Gasteiger partial charge in [0.05, 0.1) is 6.61 Å². The third kappa shape index (κ3) is 1.40. The Morgan fingerprint density at radius 1 is 0.833 bits per heavy atom. The Morgan fingerprint density at radius 3 is 2.50 bits per heavy atom. The number of ether oxygens (including phenoxy) is 1. The second-order valence-corrected chi connectivity index (χ2v) is 5.37. The monoisotopic (exact) mass is 236 g/mol. The topological polar surface area (TPSA) is 9.23 Å². The lowest BCUT2D eigenvalue weighted by molar-refractivity contribution is 0.0930. The van der Waals surface area contributed by atoms with Crippen molar-refractivity contribution in [1.82, 2.24) is 0 Å². The second-order valence-electron chi connectivity index (χ2n) is 5.37. The van der Waals surface area contributed by atoms with E-state index in [0.717, 1.165) is 12.4 Å². The maximum atomic E-state index is 5.91. The molecule has 0 spiro atoms. The molecule has 2 aliphatic rings. The molecule has 0 N–H and O–H groups in total. The number of fused-ring (bicyclic) bond motifs is 3. The summed E-state index contributed by atoms with van der Waals surface area (Å²) in [4.78, 5) is 0. The highest BCUT2D eigenvalue weighted by Crippen LogP contribution is 2.56. The van der Waals surface area contributed by atoms with E-state index in [1.54, 1.807) is 0 Å². The first kappa shape index (κ1) is 10.2. The highest BCUT2D eigenvalue weighted by atomic mass is 16.5. The molecule has 4 rings (SSSR count). The fourth-order valence-electron chi connectivity index (χ4n) is 3.49. The molecule has 1 saturated carbocycles. The van der Waals surface area contributed by atoms with Crippen LogP contribution in [0.4, 0.5) is 0 Å². The zero-order chi connectivity index (χ0) is 11.9. The number of hydrogen-bond acceptors (Lipinski definition) is 1. The van der Waals surface area contributed by atoms with E-state index >= 15 is 0 Å². The number of benzene rings is 2. The van der Waals surface area contributed by atoms with Crippen molar-refractivity contribution >= 4 is 0 Å². The van der Waals surface area contributed by atoms with Gasteiger partial charge in [-0.1, -0.05) is 48.5 Å². The Morgan fingerprint density at radius 2 is 1.61 bits per heavy atom. The van der Waals surface area contributed by atoms with Crippen LogP contribution < -0.4 is 4.74 Å². The minimum absolute atomic E-state index is 0.669. The average molecular weight is 236 g/mol. The summed E-state index contributed by atoms with van der Waals surface area (Å²) in [6.07, 6.45) is 1.27. The third-order valence-electron chi connectivity index (χ3n) is 4.52. The number of hydrogen-bond donors (Lipinski definition) is 0. The average Bonchev–Trinajstić information content (AvgIpc) is 2.40. The van der Waals surface area contributed by atoms with Crippen molar-refractivity contribution in [2.45, 2.75) is 18.3 Å². The van der Waals surface area contributed by atoms with Gasteiger partial charge in [0.15, 0.2) is 0 Å². The summed E-state index contributed by atoms with van der Waals surface area (Å²) in [5.74, 6) is 3.16. The summed E-state index contributed by atoms with van der Waals surface area (Å²) in [7, 11) is 0. The Hall–Kier alpha value is -1.76. The van der Waals surface area contributed by atoms with Crippen molar-refractivity contribution in [3.63, 3.8) is 0 Å². The lowest BCUT2D eigenvalue weighted by Gasteiger charge is -2.48. The highest BCUT2D eigenvalue weighted by molar-refractivity contribution is 5.42. The summed E-state index contributed by atoms with van der Waals surface area (Å²) in [5.41, 5.74) is 2.89. The summed E-state index contributed by atoms with van der Waals surface area (Å²) >= 11 is 0. The van der Waals surface area contributed by atoms with Gasteiger partial charge >= 0.3 is 0 Å². The SMILES string of the molecule is c1ccc(C2CC3c4ccccc4OC[C@@H]23)cc1. The largest absolute Gasteiger partial charge is 0.493 e. The van der Waals surface area contributed by atoms with Crippen LogP contribution in [0.15, 0.2) is 54.6 Å². The van der Waals surface area contributed by atoms with Crippen molar-refractivity contribution in [2.24, 2.45) is 5.92 Å². The summed E-state index contributed by atoms with van der Waals surface area (Å²) in [5, 5.41) is 0. The number of para-hydroxylation sites is 1. The van der Waals surface area contributed by atoms with Crippen molar-refractivity contribution < 1.29 is 4.74 Å². The van der Waals surface area contributed by atoms with Crippen LogP contribution in [0.3, 0.4) is 0 Å². The van der Waals surface area contributed by atoms with Gasteiger partial charge in [0, 0.05) is 5.92 Å². The molecule has 1 heteroatoms. The minimum atomic E-state index is 0.669. The molecule has 2 unspecified atom stereocenters. The van der Waals surface area contributed by atoms with Gasteiger partial charge in [0.25, 0.3) is 0 Å². The summed E-state index contributed by atoms with van der Waals surface area (Å²) < 4.78 is 5.91. The molecule has 0 aromatic heterocycles. The Kier molecular flexibility index (Phi) is 2.19. The molecule has 1 aliphatic heterocycles. The van der Waals surface area contributed by atoms with Crippen LogP contribution in [-0.2, 0) is 0 Å². The molecule has 0 radical (unpaired) electrons. The zero-order valence-electron chi connectivity index (χ0n) is 10.3. The smallest absolute Gasteiger partial charge is 0.122 e. The van der Waals surface area contributed by atoms with Gasteiger partial charge in [0.1, 0.15) is 5.75 Å². The number of rotatable bonds is 1. The molecule has 1 aliphatic carbocycles. The fourth-order valence-corrected chi connectivity index (χ4v) is 3.49. The molecule has 2 aromatic rings. The van der Waals surface area contributed by atoms with E-state index in [4.69, 9.17) is 4.74 Å². The van der Waals surface area contributed by atoms with E-state index in [0.29, 0.717) is 17.8 Å². The Balaban J connectivity index is 1.64. The van der Waals surface area contributed by atoms with E-state index in [-0.39, 0.29) is 0 Å². The molecule has 0 saturated heterocycles. The quantitative estimate of drug-likeness (QED) is 0.728. The van der Waals surface area contributed by atoms with Gasteiger partial charge in [-0.25, -0.2) is 0 Å². The summed E-state index contributed by atoms with van der Waals surface area (Å²) in [6, 6.07) is 19.4. The highest BCUT2D eigenvalue weighted by Gasteiger charge is 2.46. The molecular weight excluding hydrogens is 220 g/mol. The van der Waals surface area contributed by atoms with Gasteiger partial charge in [-0.15, -0.1) is 0 Å². The van der Waals surface area contributed by atoms with E-state index in [1.165, 1.54) is 17.5 Å². The van der Waals surface area contributed by atoms with E-state index < -0.39 is 0 Å². The third-order valence-corrected chi connectivity index (χ3v) is 4.52. The maximum absolute atomic E-state index is 5.91. The maximum Gasteiger partial charge on any atom is 0.122 e. The standard InChI is InChI=1S/C17H16O/c1-2-6-12(7-3-1)14-10-15-13-8-4-5-9-17(13)18-11-16(14)15/h1-9,14-16H,10-11H2/t14?,15?,16-/m0/s1. The van der Waals surface area contributed by atoms with Crippen LogP contribution in [0.1, 0.15) is 29.4 Å². The van der Waals surface area contributed by atoms with Crippen LogP contribution in [0.5, 0.6) is 5.75 Å². The van der Waals surface area contributed by atoms with E-state index in [2.05, 4.69) is 54.6 Å². The predicted octanol–water partition coefficient (Wildman–Crippen LogP) is 3.97. The summed E-state index contributed by atoms with van der Waals surface area (Å²) in [6.45, 7) is 0.876. The van der Waals surface area contributed by atoms with Crippen LogP contribution >= 0.6 is 0 Å². The molecule has 0 bridgehead atoms. The van der Waals surface area contributed by atoms with Gasteiger partial charge in [0.2, 0.25) is 0 Å². The molecule has 2 aromatic carbocycles. The van der Waals surface area contributed by atoms with E-state index in [1.807, 2.05) is 0 Å². The predicted molar refractivity (Wildman–Crippen MR) is 72.0 cm³/mol. The molecule has 1 fully saturated rings. The molecule has 1 nitrogen and oxygen atoms in total. The van der Waals surface area contributed by atoms with Crippen molar-refractivity contribution in [1.29, 1.82) is 0 Å². The second kappa shape index (κ2) is 3.88. The molecule has 0 amide bonds. The van der Waals surface area contributed by atoms with Crippen molar-refractivity contribution in [3.05, 3.63) is 65.7 Å². The van der Waals surface area contributed by atoms with Gasteiger partial charge < -0.3 is 4.74 Å². The molecule has 90 valence electrons. The first-order chi connectivity index (χ1) is 8.93. The van der Waals surface area contributed by atoms with Crippen LogP contribution in [0, 0.1) is 5.92 Å². The van der Waals surface area contributed by atoms with Crippen LogP contribution in [-0.4, -0.2) is 6.61 Å². The zero-order valence-corrected chi connectivity index (χ0v) is 10.3. The van der Waals surface area contributed by atoms with Gasteiger partial charge in [-0.2, -0.15) is 0 Å². The lowest BCUT2D eigenvalue weighted by atomic mass is 9.59. The molecular formula is C17H16O. The Bertz CT molecular complexity index is 561. The van der Waals surface area contributed by atoms with Crippen molar-refractivity contribution in [2.75, 3.05) is 6.61 Å². The van der Waals surface area contributed by atoms with Gasteiger partial charge in [-0.05, 0) is 35.4 Å². The van der Waals surface area contributed by atoms with Crippen molar-refractivity contribution in [3.8, 4) is 5.75 Å². The fraction of sp³-hybridized carbons (Fsp3) is 0.294. The first-order valence-electron chi connectivity index (χ1n) is 6.70. The molecule has 18 heavy (non-hydrogen) atoms. The first-order valence-corrected chi connectivity index (χ1v) is 6.70. The van der Waals surface area contributed by atoms with Gasteiger partial charge in [-0.3, -0.25) is 0 Å². The minimum Gasteiger partial charge on any atom is -0.493 e. The molecule has 1 heterocycles. The Labute approximate surface area is 107 Å². The normalized spacial score (nSPS) is 28.6. The lowest BCUT2D eigenvalue weighted by Crippen LogP contribution is -2.40.